The van der Waals surface area contributed by atoms with Gasteiger partial charge in [-0.3, -0.25) is 14.5 Å². The van der Waals surface area contributed by atoms with Crippen LogP contribution in [0.2, 0.25) is 0 Å². The van der Waals surface area contributed by atoms with Crippen molar-refractivity contribution in [2.45, 2.75) is 31.7 Å². The summed E-state index contributed by atoms with van der Waals surface area (Å²) >= 11 is 0. The molecule has 1 amide bonds. The number of hydrogen-bond acceptors (Lipinski definition) is 4. The number of nitrogens with zero attached hydrogens (tertiary/aromatic N) is 2. The molecule has 5 heteroatoms. The standard InChI is InChI=1S/C24H30N2O3/c1-29-23(28)15-9-8-14-22(27)25-16-18-26(19-17-25)24(20-10-4-2-5-11-20)21-12-6-3-7-13-21/h2-7,10-13,24H,8-9,14-19H2,1H3. The van der Waals surface area contributed by atoms with Crippen molar-refractivity contribution in [1.82, 2.24) is 9.80 Å². The summed E-state index contributed by atoms with van der Waals surface area (Å²) in [6.07, 6.45) is 2.30. The summed E-state index contributed by atoms with van der Waals surface area (Å²) in [5.41, 5.74) is 2.56. The van der Waals surface area contributed by atoms with Crippen LogP contribution in [0, 0.1) is 0 Å². The number of hydrogen-bond donors (Lipinski definition) is 0. The van der Waals surface area contributed by atoms with E-state index in [0.29, 0.717) is 19.3 Å². The highest BCUT2D eigenvalue weighted by atomic mass is 16.5. The summed E-state index contributed by atoms with van der Waals surface area (Å²) in [5, 5.41) is 0. The Labute approximate surface area is 173 Å². The Morgan fingerprint density at radius 2 is 1.34 bits per heavy atom. The molecule has 154 valence electrons. The maximum atomic E-state index is 12.5. The van der Waals surface area contributed by atoms with Gasteiger partial charge in [0.15, 0.2) is 0 Å². The van der Waals surface area contributed by atoms with E-state index < -0.39 is 0 Å². The highest BCUT2D eigenvalue weighted by Gasteiger charge is 2.27. The van der Waals surface area contributed by atoms with Crippen LogP contribution in [0.1, 0.15) is 42.9 Å². The van der Waals surface area contributed by atoms with Crippen LogP contribution in [0.5, 0.6) is 0 Å². The predicted octanol–water partition coefficient (Wildman–Crippen LogP) is 3.65. The number of benzene rings is 2. The Bertz CT molecular complexity index is 732. The molecule has 0 aliphatic carbocycles. The molecule has 0 N–H and O–H groups in total. The minimum absolute atomic E-state index is 0.186. The van der Waals surface area contributed by atoms with E-state index in [2.05, 4.69) is 58.2 Å². The molecule has 1 fully saturated rings. The maximum Gasteiger partial charge on any atom is 0.305 e. The van der Waals surface area contributed by atoms with Crippen LogP contribution in [0.3, 0.4) is 0 Å². The lowest BCUT2D eigenvalue weighted by molar-refractivity contribution is -0.141. The number of ether oxygens (including phenoxy) is 1. The smallest absolute Gasteiger partial charge is 0.305 e. The van der Waals surface area contributed by atoms with Gasteiger partial charge in [0.1, 0.15) is 0 Å². The van der Waals surface area contributed by atoms with E-state index in [1.165, 1.54) is 18.2 Å². The predicted molar refractivity (Wildman–Crippen MR) is 113 cm³/mol. The molecule has 1 aliphatic rings. The Balaban J connectivity index is 1.56. The van der Waals surface area contributed by atoms with E-state index in [1.54, 1.807) is 0 Å². The number of amides is 1. The highest BCUT2D eigenvalue weighted by molar-refractivity contribution is 5.76. The zero-order chi connectivity index (χ0) is 20.5. The van der Waals surface area contributed by atoms with Crippen LogP contribution < -0.4 is 0 Å². The molecule has 1 aliphatic heterocycles. The lowest BCUT2D eigenvalue weighted by Crippen LogP contribution is -2.49. The van der Waals surface area contributed by atoms with Gasteiger partial charge in [0.05, 0.1) is 13.2 Å². The fourth-order valence-corrected chi connectivity index (χ4v) is 3.92. The molecule has 2 aromatic carbocycles. The van der Waals surface area contributed by atoms with Crippen molar-refractivity contribution in [1.29, 1.82) is 0 Å². The third kappa shape index (κ3) is 5.91. The highest BCUT2D eigenvalue weighted by Crippen LogP contribution is 2.29. The van der Waals surface area contributed by atoms with Crippen molar-refractivity contribution < 1.29 is 14.3 Å². The van der Waals surface area contributed by atoms with Gasteiger partial charge in [-0.25, -0.2) is 0 Å². The minimum Gasteiger partial charge on any atom is -0.469 e. The molecule has 0 saturated carbocycles. The number of unbranched alkanes of at least 4 members (excludes halogenated alkanes) is 1. The van der Waals surface area contributed by atoms with E-state index in [-0.39, 0.29) is 17.9 Å². The van der Waals surface area contributed by atoms with Crippen LogP contribution in [0.25, 0.3) is 0 Å². The zero-order valence-electron chi connectivity index (χ0n) is 17.1. The Kier molecular flexibility index (Phi) is 7.82. The second-order valence-corrected chi connectivity index (χ2v) is 7.42. The largest absolute Gasteiger partial charge is 0.469 e. The third-order valence-corrected chi connectivity index (χ3v) is 5.51. The first-order chi connectivity index (χ1) is 14.2. The molecule has 0 radical (unpaired) electrons. The first-order valence-corrected chi connectivity index (χ1v) is 10.4. The first kappa shape index (κ1) is 21.1. The number of piperazine rings is 1. The van der Waals surface area contributed by atoms with Crippen LogP contribution >= 0.6 is 0 Å². The fourth-order valence-electron chi connectivity index (χ4n) is 3.92. The molecule has 1 saturated heterocycles. The van der Waals surface area contributed by atoms with Crippen LogP contribution in [-0.4, -0.2) is 55.0 Å². The van der Waals surface area contributed by atoms with Crippen molar-refractivity contribution in [3.63, 3.8) is 0 Å². The van der Waals surface area contributed by atoms with Crippen LogP contribution in [0.15, 0.2) is 60.7 Å². The molecule has 0 aromatic heterocycles. The monoisotopic (exact) mass is 394 g/mol. The summed E-state index contributed by atoms with van der Waals surface area (Å²) in [6.45, 7) is 3.18. The summed E-state index contributed by atoms with van der Waals surface area (Å²) in [5.74, 6) is -0.0237. The van der Waals surface area contributed by atoms with E-state index >= 15 is 0 Å². The summed E-state index contributed by atoms with van der Waals surface area (Å²) in [6, 6.07) is 21.3. The zero-order valence-corrected chi connectivity index (χ0v) is 17.1. The normalized spacial score (nSPS) is 14.8. The van der Waals surface area contributed by atoms with Gasteiger partial charge in [0, 0.05) is 39.0 Å². The van der Waals surface area contributed by atoms with Crippen molar-refractivity contribution in [3.05, 3.63) is 71.8 Å². The van der Waals surface area contributed by atoms with Gasteiger partial charge < -0.3 is 9.64 Å². The summed E-state index contributed by atoms with van der Waals surface area (Å²) < 4.78 is 4.64. The van der Waals surface area contributed by atoms with Crippen LogP contribution in [0.4, 0.5) is 0 Å². The van der Waals surface area contributed by atoms with E-state index in [1.807, 2.05) is 17.0 Å². The number of carbonyl (C=O) groups excluding carboxylic acids is 2. The van der Waals surface area contributed by atoms with Crippen molar-refractivity contribution >= 4 is 11.9 Å². The van der Waals surface area contributed by atoms with Gasteiger partial charge in [-0.2, -0.15) is 0 Å². The Morgan fingerprint density at radius 1 is 0.828 bits per heavy atom. The summed E-state index contributed by atoms with van der Waals surface area (Å²) in [4.78, 5) is 28.1. The molecule has 0 bridgehead atoms. The molecule has 0 unspecified atom stereocenters. The SMILES string of the molecule is COC(=O)CCCCC(=O)N1CCN(C(c2ccccc2)c2ccccc2)CC1. The molecular formula is C24H30N2O3. The van der Waals surface area contributed by atoms with Crippen molar-refractivity contribution in [2.24, 2.45) is 0 Å². The first-order valence-electron chi connectivity index (χ1n) is 10.4. The lowest BCUT2D eigenvalue weighted by Gasteiger charge is -2.40. The van der Waals surface area contributed by atoms with Gasteiger partial charge in [0.2, 0.25) is 5.91 Å². The molecule has 2 aromatic rings. The van der Waals surface area contributed by atoms with Crippen molar-refractivity contribution in [3.8, 4) is 0 Å². The second-order valence-electron chi connectivity index (χ2n) is 7.42. The quantitative estimate of drug-likeness (QED) is 0.507. The van der Waals surface area contributed by atoms with E-state index in [9.17, 15) is 9.59 Å². The lowest BCUT2D eigenvalue weighted by atomic mass is 9.96. The molecular weight excluding hydrogens is 364 g/mol. The maximum absolute atomic E-state index is 12.5. The average Bonchev–Trinajstić information content (AvgIpc) is 2.78. The van der Waals surface area contributed by atoms with E-state index in [0.717, 1.165) is 32.6 Å². The second kappa shape index (κ2) is 10.8. The van der Waals surface area contributed by atoms with Crippen LogP contribution in [-0.2, 0) is 14.3 Å². The van der Waals surface area contributed by atoms with Gasteiger partial charge in [0.25, 0.3) is 0 Å². The molecule has 1 heterocycles. The Hall–Kier alpha value is -2.66. The van der Waals surface area contributed by atoms with Gasteiger partial charge >= 0.3 is 5.97 Å². The average molecular weight is 395 g/mol. The molecule has 29 heavy (non-hydrogen) atoms. The number of rotatable bonds is 8. The molecule has 3 rings (SSSR count). The van der Waals surface area contributed by atoms with Gasteiger partial charge in [-0.1, -0.05) is 60.7 Å². The molecule has 0 atom stereocenters. The van der Waals surface area contributed by atoms with Gasteiger partial charge in [-0.15, -0.1) is 0 Å². The van der Waals surface area contributed by atoms with Gasteiger partial charge in [-0.05, 0) is 24.0 Å². The molecule has 5 nitrogen and oxygen atoms in total. The topological polar surface area (TPSA) is 49.9 Å². The third-order valence-electron chi connectivity index (χ3n) is 5.51. The Morgan fingerprint density at radius 3 is 1.86 bits per heavy atom. The van der Waals surface area contributed by atoms with E-state index in [4.69, 9.17) is 0 Å². The van der Waals surface area contributed by atoms with Crippen molar-refractivity contribution in [2.75, 3.05) is 33.3 Å². The fraction of sp³-hybridized carbons (Fsp3) is 0.417. The summed E-state index contributed by atoms with van der Waals surface area (Å²) in [7, 11) is 1.39. The number of methoxy groups -OCH3 is 1. The minimum atomic E-state index is -0.209. The molecule has 0 spiro atoms. The number of esters is 1. The number of carbonyl (C=O) groups is 2.